The van der Waals surface area contributed by atoms with Gasteiger partial charge in [-0.3, -0.25) is 0 Å². The first-order valence-corrected chi connectivity index (χ1v) is 32.0. The zero-order valence-corrected chi connectivity index (χ0v) is 55.1. The van der Waals surface area contributed by atoms with E-state index in [1.807, 2.05) is 211 Å². The third kappa shape index (κ3) is 21.8. The van der Waals surface area contributed by atoms with Crippen molar-refractivity contribution in [1.29, 1.82) is 0 Å². The SMILES string of the molecule is CN(C)c1ccc(N=Nc2ccc[n+](CCC[n+]3ccn(CCC[n+]4ccccc4N=Nc4ccc(N(C)C)cc4)c3)c2)cc1.CN(C)c1ccc(N=Nc2ccc[n+](CCC[n+]3ccn(CCC[n+]4ccccc4N=Nc4ccc(N(CCO)CCO)cc4)c3)c2)cc1. The topological polar surface area (TPSA) is 185 Å². The molecule has 6 heterocycles. The average Bonchev–Trinajstić information content (AvgIpc) is 4.05. The van der Waals surface area contributed by atoms with Crippen molar-refractivity contribution in [2.24, 2.45) is 40.9 Å². The molecule has 0 aliphatic rings. The Morgan fingerprint density at radius 1 is 0.330 bits per heavy atom. The van der Waals surface area contributed by atoms with Crippen LogP contribution in [0.15, 0.2) is 273 Å². The number of nitrogens with zero attached hydrogens (tertiary/aromatic N) is 20. The molecule has 0 fully saturated rings. The summed E-state index contributed by atoms with van der Waals surface area (Å²) in [6.07, 6.45) is 29.2. The van der Waals surface area contributed by atoms with E-state index in [-0.39, 0.29) is 13.2 Å². The van der Waals surface area contributed by atoms with E-state index >= 15 is 0 Å². The number of benzene rings is 4. The average molecular weight is 1270 g/mol. The van der Waals surface area contributed by atoms with Crippen LogP contribution < -0.4 is 47.0 Å². The van der Waals surface area contributed by atoms with Crippen LogP contribution in [0.5, 0.6) is 0 Å². The van der Waals surface area contributed by atoms with Crippen molar-refractivity contribution < 1.29 is 37.6 Å². The quantitative estimate of drug-likeness (QED) is 0.0312. The largest absolute Gasteiger partial charge is 0.395 e. The van der Waals surface area contributed by atoms with Crippen molar-refractivity contribution in [3.63, 3.8) is 0 Å². The minimum atomic E-state index is 0.0264. The summed E-state index contributed by atoms with van der Waals surface area (Å²) in [5.74, 6) is 1.64. The molecule has 0 unspecified atom stereocenters. The van der Waals surface area contributed by atoms with E-state index in [4.69, 9.17) is 0 Å². The van der Waals surface area contributed by atoms with Crippen LogP contribution in [0.25, 0.3) is 0 Å². The summed E-state index contributed by atoms with van der Waals surface area (Å²) in [5.41, 5.74) is 9.25. The smallest absolute Gasteiger partial charge is 0.350 e. The molecule has 0 saturated heterocycles. The van der Waals surface area contributed by atoms with Gasteiger partial charge in [0.25, 0.3) is 0 Å². The van der Waals surface area contributed by atoms with Gasteiger partial charge in [-0.05, 0) is 132 Å². The maximum absolute atomic E-state index is 9.30. The summed E-state index contributed by atoms with van der Waals surface area (Å²) < 4.78 is 17.6. The first-order valence-electron chi connectivity index (χ1n) is 32.0. The first kappa shape index (κ1) is 67.8. The molecule has 10 aromatic rings. The van der Waals surface area contributed by atoms with Gasteiger partial charge in [-0.25, -0.2) is 36.5 Å². The second-order valence-electron chi connectivity index (χ2n) is 23.3. The molecule has 0 atom stereocenters. The van der Waals surface area contributed by atoms with Crippen molar-refractivity contribution in [2.45, 2.75) is 78.0 Å². The number of aliphatic hydroxyl groups is 2. The third-order valence-electron chi connectivity index (χ3n) is 15.5. The molecular formula is C72H90N20O2+6. The van der Waals surface area contributed by atoms with Crippen LogP contribution in [0.3, 0.4) is 0 Å². The number of rotatable bonds is 32. The number of aromatic nitrogens is 8. The first-order chi connectivity index (χ1) is 45.9. The van der Waals surface area contributed by atoms with E-state index in [9.17, 15) is 10.2 Å². The van der Waals surface area contributed by atoms with Crippen LogP contribution in [-0.2, 0) is 52.4 Å². The van der Waals surface area contributed by atoms with Gasteiger partial charge in [0.1, 0.15) is 47.5 Å². The zero-order valence-electron chi connectivity index (χ0n) is 55.1. The van der Waals surface area contributed by atoms with Gasteiger partial charge < -0.3 is 29.8 Å². The van der Waals surface area contributed by atoms with Gasteiger partial charge in [0.05, 0.1) is 86.5 Å². The number of aryl methyl sites for hydroxylation is 8. The van der Waals surface area contributed by atoms with Crippen molar-refractivity contribution in [2.75, 3.05) is 88.2 Å². The van der Waals surface area contributed by atoms with Gasteiger partial charge >= 0.3 is 11.6 Å². The molecule has 0 spiro atoms. The number of pyridine rings is 4. The molecular weight excluding hydrogens is 1180 g/mol. The van der Waals surface area contributed by atoms with Crippen LogP contribution >= 0.6 is 0 Å². The molecule has 2 N–H and O–H groups in total. The lowest BCUT2D eigenvalue weighted by Crippen LogP contribution is -2.37. The fraction of sp³-hybridized carbons (Fsp3) is 0.306. The Labute approximate surface area is 552 Å². The fourth-order valence-corrected chi connectivity index (χ4v) is 10.3. The number of aliphatic hydroxyl groups excluding tert-OH is 2. The predicted molar refractivity (Wildman–Crippen MR) is 366 cm³/mol. The molecule has 484 valence electrons. The lowest BCUT2D eigenvalue weighted by atomic mass is 10.2. The van der Waals surface area contributed by atoms with E-state index < -0.39 is 0 Å². The van der Waals surface area contributed by atoms with Gasteiger partial charge in [0.15, 0.2) is 37.9 Å². The zero-order chi connectivity index (χ0) is 65.7. The van der Waals surface area contributed by atoms with E-state index in [0.29, 0.717) is 13.1 Å². The fourth-order valence-electron chi connectivity index (χ4n) is 10.3. The summed E-state index contributed by atoms with van der Waals surface area (Å²) in [6, 6.07) is 51.8. The number of anilines is 4. The lowest BCUT2D eigenvalue weighted by Gasteiger charge is -2.22. The standard InChI is InChI=1S/C37H47N10O2.C35H43N10/c1-42(2)35-14-10-32(11-15-35)38-40-34-8-5-18-43(30-34)19-6-20-44-24-25-45(31-44)21-7-23-47-22-4-3-9-37(47)41-39-33-12-16-36(17-13-33)46(26-28-48)27-29-49;1-40(2)33-16-12-30(13-17-33)36-38-32-10-7-20-42(28-32)21-8-22-43-26-27-44(29-43)23-9-25-45-24-6-5-11-35(45)39-37-31-14-18-34(19-15-31)41(3)4/h3-5,8-18,22,24-25,30-31,48-49H,6-7,19-21,23,26-29H2,1-2H3;5-7,10-20,24,26-29H,8-9,21-23,25H2,1-4H3/q2*+3. The highest BCUT2D eigenvalue weighted by Gasteiger charge is 2.15. The Hall–Kier alpha value is -10.6. The van der Waals surface area contributed by atoms with Gasteiger partial charge in [-0.1, -0.05) is 12.1 Å². The van der Waals surface area contributed by atoms with Crippen molar-refractivity contribution in [3.8, 4) is 0 Å². The summed E-state index contributed by atoms with van der Waals surface area (Å²) in [7, 11) is 12.1. The Morgan fingerprint density at radius 2 is 0.681 bits per heavy atom. The number of azo groups is 4. The second-order valence-corrected chi connectivity index (χ2v) is 23.3. The highest BCUT2D eigenvalue weighted by atomic mass is 16.3. The molecule has 0 aliphatic carbocycles. The van der Waals surface area contributed by atoms with Crippen LogP contribution in [0, 0.1) is 0 Å². The lowest BCUT2D eigenvalue weighted by molar-refractivity contribution is -0.726. The van der Waals surface area contributed by atoms with Crippen molar-refractivity contribution in [1.82, 2.24) is 9.13 Å². The van der Waals surface area contributed by atoms with Gasteiger partial charge in [0, 0.05) is 128 Å². The van der Waals surface area contributed by atoms with Crippen molar-refractivity contribution >= 4 is 68.5 Å². The third-order valence-corrected chi connectivity index (χ3v) is 15.5. The number of hydrogen-bond donors (Lipinski definition) is 2. The molecule has 94 heavy (non-hydrogen) atoms. The molecule has 0 saturated carbocycles. The van der Waals surface area contributed by atoms with E-state index in [2.05, 4.69) is 160 Å². The van der Waals surface area contributed by atoms with Crippen LogP contribution in [0.1, 0.15) is 25.7 Å². The Bertz CT molecular complexity index is 4010. The van der Waals surface area contributed by atoms with Crippen LogP contribution in [0.2, 0.25) is 0 Å². The summed E-state index contributed by atoms with van der Waals surface area (Å²) in [6.45, 7) is 8.13. The van der Waals surface area contributed by atoms with Crippen molar-refractivity contribution in [3.05, 3.63) is 232 Å². The Balaban J connectivity index is 0.000000222. The number of imidazole rings is 2. The molecule has 0 aliphatic heterocycles. The van der Waals surface area contributed by atoms with E-state index in [0.717, 1.165) is 147 Å². The van der Waals surface area contributed by atoms with Gasteiger partial charge in [0.2, 0.25) is 12.7 Å². The number of hydrogen-bond acceptors (Lipinski definition) is 14. The Kier molecular flexibility index (Phi) is 25.9. The minimum Gasteiger partial charge on any atom is -0.395 e. The summed E-state index contributed by atoms with van der Waals surface area (Å²) >= 11 is 0. The Morgan fingerprint density at radius 3 is 1.05 bits per heavy atom. The maximum Gasteiger partial charge on any atom is 0.350 e. The van der Waals surface area contributed by atoms with Crippen LogP contribution in [-0.4, -0.2) is 87.9 Å². The molecule has 0 bridgehead atoms. The molecule has 10 rings (SSSR count). The minimum absolute atomic E-state index is 0.0264. The molecule has 6 aromatic heterocycles. The highest BCUT2D eigenvalue weighted by Crippen LogP contribution is 2.25. The molecule has 22 nitrogen and oxygen atoms in total. The maximum atomic E-state index is 9.30. The van der Waals surface area contributed by atoms with Gasteiger partial charge in [-0.2, -0.15) is 10.2 Å². The van der Waals surface area contributed by atoms with Gasteiger partial charge in [-0.15, -0.1) is 10.2 Å². The summed E-state index contributed by atoms with van der Waals surface area (Å²) in [5, 5.41) is 54.2. The second kappa shape index (κ2) is 35.9. The highest BCUT2D eigenvalue weighted by molar-refractivity contribution is 5.55. The summed E-state index contributed by atoms with van der Waals surface area (Å²) in [4.78, 5) is 8.13. The van der Waals surface area contributed by atoms with Crippen LogP contribution in [0.4, 0.5) is 68.5 Å². The normalized spacial score (nSPS) is 11.5. The van der Waals surface area contributed by atoms with E-state index in [1.54, 1.807) is 0 Å². The molecule has 22 heteroatoms. The predicted octanol–water partition coefficient (Wildman–Crippen LogP) is 11.7. The monoisotopic (exact) mass is 1270 g/mol. The molecule has 4 aromatic carbocycles. The molecule has 0 radical (unpaired) electrons. The molecule has 0 amide bonds. The van der Waals surface area contributed by atoms with E-state index in [1.165, 1.54) is 0 Å².